The van der Waals surface area contributed by atoms with Crippen molar-refractivity contribution in [3.63, 3.8) is 0 Å². The van der Waals surface area contributed by atoms with Gasteiger partial charge in [0.1, 0.15) is 5.75 Å². The molecule has 5 nitrogen and oxygen atoms in total. The predicted molar refractivity (Wildman–Crippen MR) is 82.8 cm³/mol. The Labute approximate surface area is 129 Å². The van der Waals surface area contributed by atoms with E-state index in [1.54, 1.807) is 13.1 Å². The van der Waals surface area contributed by atoms with E-state index >= 15 is 0 Å². The quantitative estimate of drug-likeness (QED) is 0.757. The minimum atomic E-state index is -0.246. The van der Waals surface area contributed by atoms with Gasteiger partial charge in [0, 0.05) is 24.2 Å². The highest BCUT2D eigenvalue weighted by molar-refractivity contribution is 6.31. The third kappa shape index (κ3) is 5.02. The number of nitrogens with zero attached hydrogens (tertiary/aromatic N) is 1. The summed E-state index contributed by atoms with van der Waals surface area (Å²) >= 11 is 6.00. The van der Waals surface area contributed by atoms with Gasteiger partial charge in [0.15, 0.2) is 5.78 Å². The van der Waals surface area contributed by atoms with Gasteiger partial charge in [-0.3, -0.25) is 14.5 Å². The highest BCUT2D eigenvalue weighted by atomic mass is 35.5. The zero-order valence-electron chi connectivity index (χ0n) is 12.6. The summed E-state index contributed by atoms with van der Waals surface area (Å²) in [5, 5.41) is 13.2. The van der Waals surface area contributed by atoms with Crippen LogP contribution in [0.25, 0.3) is 0 Å². The molecule has 0 spiro atoms. The first-order valence-corrected chi connectivity index (χ1v) is 7.22. The molecule has 0 saturated heterocycles. The zero-order chi connectivity index (χ0) is 16.0. The lowest BCUT2D eigenvalue weighted by molar-refractivity contribution is -0.121. The van der Waals surface area contributed by atoms with E-state index in [9.17, 15) is 14.7 Å². The number of benzene rings is 1. The zero-order valence-corrected chi connectivity index (χ0v) is 13.3. The summed E-state index contributed by atoms with van der Waals surface area (Å²) < 4.78 is 0. The smallest absolute Gasteiger partial charge is 0.233 e. The van der Waals surface area contributed by atoms with E-state index in [0.29, 0.717) is 23.7 Å². The SMILES string of the molecule is CCCN(CC(=O)NC)Cc1cc(Cl)cc(C(C)=O)c1O. The molecule has 1 rings (SSSR count). The summed E-state index contributed by atoms with van der Waals surface area (Å²) in [5.74, 6) is -0.411. The van der Waals surface area contributed by atoms with Crippen LogP contribution >= 0.6 is 11.6 Å². The fourth-order valence-corrected chi connectivity index (χ4v) is 2.34. The van der Waals surface area contributed by atoms with Crippen LogP contribution in [0.1, 0.15) is 36.2 Å². The van der Waals surface area contributed by atoms with Crippen molar-refractivity contribution < 1.29 is 14.7 Å². The summed E-state index contributed by atoms with van der Waals surface area (Å²) in [5.41, 5.74) is 0.749. The minimum absolute atomic E-state index is 0.0649. The maximum Gasteiger partial charge on any atom is 0.233 e. The lowest BCUT2D eigenvalue weighted by atomic mass is 10.1. The van der Waals surface area contributed by atoms with Crippen LogP contribution in [0.4, 0.5) is 0 Å². The number of Topliss-reactive ketones (excluding diaryl/α,β-unsaturated/α-hetero) is 1. The molecule has 0 fully saturated rings. The minimum Gasteiger partial charge on any atom is -0.507 e. The van der Waals surface area contributed by atoms with Gasteiger partial charge in [-0.05, 0) is 32.0 Å². The van der Waals surface area contributed by atoms with Crippen LogP contribution in [0.15, 0.2) is 12.1 Å². The number of aromatic hydroxyl groups is 1. The average molecular weight is 313 g/mol. The monoisotopic (exact) mass is 312 g/mol. The highest BCUT2D eigenvalue weighted by Gasteiger charge is 2.16. The van der Waals surface area contributed by atoms with Crippen molar-refractivity contribution in [2.45, 2.75) is 26.8 Å². The molecule has 116 valence electrons. The van der Waals surface area contributed by atoms with Gasteiger partial charge in [0.2, 0.25) is 5.91 Å². The summed E-state index contributed by atoms with van der Waals surface area (Å²) in [6.45, 7) is 4.67. The molecule has 1 amide bonds. The molecule has 0 aromatic heterocycles. The third-order valence-electron chi connectivity index (χ3n) is 3.11. The molecule has 0 heterocycles. The van der Waals surface area contributed by atoms with Gasteiger partial charge in [-0.2, -0.15) is 0 Å². The van der Waals surface area contributed by atoms with Gasteiger partial charge in [-0.1, -0.05) is 18.5 Å². The van der Waals surface area contributed by atoms with E-state index in [0.717, 1.165) is 6.42 Å². The molecule has 21 heavy (non-hydrogen) atoms. The fourth-order valence-electron chi connectivity index (χ4n) is 2.10. The normalized spacial score (nSPS) is 10.7. The van der Waals surface area contributed by atoms with Crippen molar-refractivity contribution in [3.05, 3.63) is 28.3 Å². The van der Waals surface area contributed by atoms with E-state index in [2.05, 4.69) is 5.32 Å². The van der Waals surface area contributed by atoms with Crippen LogP contribution in [-0.4, -0.2) is 41.8 Å². The van der Waals surface area contributed by atoms with E-state index in [1.807, 2.05) is 11.8 Å². The van der Waals surface area contributed by atoms with E-state index < -0.39 is 0 Å². The Balaban J connectivity index is 3.02. The van der Waals surface area contributed by atoms with Crippen molar-refractivity contribution in [3.8, 4) is 5.75 Å². The number of carbonyl (C=O) groups is 2. The predicted octanol–water partition coefficient (Wildman–Crippen LogP) is 2.21. The van der Waals surface area contributed by atoms with E-state index in [4.69, 9.17) is 11.6 Å². The standard InChI is InChI=1S/C15H21ClN2O3/c1-4-5-18(9-14(20)17-3)8-11-6-12(16)7-13(10(2)19)15(11)21/h6-7,21H,4-5,8-9H2,1-3H3,(H,17,20). The van der Waals surface area contributed by atoms with Crippen molar-refractivity contribution in [1.29, 1.82) is 0 Å². The molecule has 2 N–H and O–H groups in total. The summed E-state index contributed by atoms with van der Waals surface area (Å²) in [7, 11) is 1.58. The summed E-state index contributed by atoms with van der Waals surface area (Å²) in [4.78, 5) is 24.9. The van der Waals surface area contributed by atoms with Gasteiger partial charge in [0.05, 0.1) is 12.1 Å². The molecular formula is C15H21ClN2O3. The van der Waals surface area contributed by atoms with Crippen LogP contribution in [0.5, 0.6) is 5.75 Å². The first kappa shape index (κ1) is 17.5. The number of ketones is 1. The highest BCUT2D eigenvalue weighted by Crippen LogP contribution is 2.28. The Morgan fingerprint density at radius 2 is 2.05 bits per heavy atom. The van der Waals surface area contributed by atoms with Crippen LogP contribution in [0.3, 0.4) is 0 Å². The summed E-state index contributed by atoms with van der Waals surface area (Å²) in [6.07, 6.45) is 0.873. The molecule has 0 radical (unpaired) electrons. The number of carbonyl (C=O) groups excluding carboxylic acids is 2. The Morgan fingerprint density at radius 1 is 1.38 bits per heavy atom. The van der Waals surface area contributed by atoms with E-state index in [-0.39, 0.29) is 29.5 Å². The number of phenolic OH excluding ortho intramolecular Hbond substituents is 1. The first-order chi connectivity index (χ1) is 9.88. The Bertz CT molecular complexity index is 532. The van der Waals surface area contributed by atoms with Crippen molar-refractivity contribution in [2.75, 3.05) is 20.1 Å². The molecule has 0 aliphatic heterocycles. The van der Waals surface area contributed by atoms with Crippen LogP contribution < -0.4 is 5.32 Å². The second-order valence-electron chi connectivity index (χ2n) is 4.90. The molecule has 0 unspecified atom stereocenters. The van der Waals surface area contributed by atoms with Crippen LogP contribution in [0, 0.1) is 0 Å². The number of hydrogen-bond donors (Lipinski definition) is 2. The number of likely N-dealkylation sites (N-methyl/N-ethyl adjacent to an activating group) is 1. The Morgan fingerprint density at radius 3 is 2.57 bits per heavy atom. The second-order valence-corrected chi connectivity index (χ2v) is 5.34. The lowest BCUT2D eigenvalue weighted by Gasteiger charge is -2.22. The lowest BCUT2D eigenvalue weighted by Crippen LogP contribution is -2.35. The second kappa shape index (κ2) is 8.00. The number of phenols is 1. The molecule has 6 heteroatoms. The number of amides is 1. The number of hydrogen-bond acceptors (Lipinski definition) is 4. The fraction of sp³-hybridized carbons (Fsp3) is 0.467. The van der Waals surface area contributed by atoms with Gasteiger partial charge in [-0.25, -0.2) is 0 Å². The van der Waals surface area contributed by atoms with Gasteiger partial charge in [0.25, 0.3) is 0 Å². The van der Waals surface area contributed by atoms with Crippen LogP contribution in [0.2, 0.25) is 5.02 Å². The molecule has 0 atom stereocenters. The van der Waals surface area contributed by atoms with Crippen molar-refractivity contribution >= 4 is 23.3 Å². The molecular weight excluding hydrogens is 292 g/mol. The Hall–Kier alpha value is -1.59. The van der Waals surface area contributed by atoms with Gasteiger partial charge >= 0.3 is 0 Å². The van der Waals surface area contributed by atoms with Crippen molar-refractivity contribution in [2.24, 2.45) is 0 Å². The van der Waals surface area contributed by atoms with Crippen molar-refractivity contribution in [1.82, 2.24) is 10.2 Å². The number of nitrogens with one attached hydrogen (secondary N) is 1. The van der Waals surface area contributed by atoms with Gasteiger partial charge in [-0.15, -0.1) is 0 Å². The van der Waals surface area contributed by atoms with Gasteiger partial charge < -0.3 is 10.4 Å². The first-order valence-electron chi connectivity index (χ1n) is 6.84. The average Bonchev–Trinajstić information content (AvgIpc) is 2.42. The molecule has 0 bridgehead atoms. The van der Waals surface area contributed by atoms with E-state index in [1.165, 1.54) is 13.0 Å². The third-order valence-corrected chi connectivity index (χ3v) is 3.33. The number of rotatable bonds is 7. The molecule has 1 aromatic rings. The van der Waals surface area contributed by atoms with Crippen LogP contribution in [-0.2, 0) is 11.3 Å². The molecule has 0 aliphatic carbocycles. The Kier molecular flexibility index (Phi) is 6.65. The maximum absolute atomic E-state index is 11.5. The molecule has 0 aliphatic rings. The molecule has 1 aromatic carbocycles. The number of halogens is 1. The largest absolute Gasteiger partial charge is 0.507 e. The maximum atomic E-state index is 11.5. The topological polar surface area (TPSA) is 69.6 Å². The summed E-state index contributed by atoms with van der Waals surface area (Å²) in [6, 6.07) is 3.07. The molecule has 0 saturated carbocycles.